The van der Waals surface area contributed by atoms with Crippen LogP contribution < -0.4 is 0 Å². The van der Waals surface area contributed by atoms with Gasteiger partial charge in [-0.2, -0.15) is 21.0 Å². The van der Waals surface area contributed by atoms with Gasteiger partial charge >= 0.3 is 11.4 Å². The highest BCUT2D eigenvalue weighted by atomic mass is 32.2. The number of hydrogen-bond donors (Lipinski definition) is 0. The van der Waals surface area contributed by atoms with E-state index in [4.69, 9.17) is 12.5 Å². The molecule has 0 bridgehead atoms. The zero-order valence-corrected chi connectivity index (χ0v) is 14.0. The SMILES string of the molecule is CCC(COS(=O)OCC1CCS(=O)(=O)O1)OS(C)(=O)=O. The first kappa shape index (κ1) is 18.9. The molecule has 0 amide bonds. The van der Waals surface area contributed by atoms with Crippen LogP contribution in [0.25, 0.3) is 0 Å². The summed E-state index contributed by atoms with van der Waals surface area (Å²) in [7, 11) is -7.13. The van der Waals surface area contributed by atoms with Gasteiger partial charge in [-0.15, -0.1) is 0 Å². The fraction of sp³-hybridized carbons (Fsp3) is 1.00. The summed E-state index contributed by atoms with van der Waals surface area (Å²) < 4.78 is 74.3. The normalized spacial score (nSPS) is 24.8. The molecule has 1 saturated heterocycles. The standard InChI is InChI=1S/C9H18O9S3/c1-3-8(17-20(2,11)12)6-15-19(10)16-7-9-4-5-21(13,14)18-9/h8-9H,3-7H2,1-2H3. The van der Waals surface area contributed by atoms with E-state index in [1.165, 1.54) is 0 Å². The van der Waals surface area contributed by atoms with E-state index in [1.807, 2.05) is 0 Å². The monoisotopic (exact) mass is 366 g/mol. The van der Waals surface area contributed by atoms with Crippen molar-refractivity contribution in [3.8, 4) is 0 Å². The maximum Gasteiger partial charge on any atom is 0.304 e. The number of rotatable bonds is 9. The van der Waals surface area contributed by atoms with Crippen molar-refractivity contribution < 1.29 is 37.8 Å². The van der Waals surface area contributed by atoms with Gasteiger partial charge in [-0.25, -0.2) is 0 Å². The zero-order valence-electron chi connectivity index (χ0n) is 11.6. The third-order valence-electron chi connectivity index (χ3n) is 2.44. The lowest BCUT2D eigenvalue weighted by atomic mass is 10.3. The van der Waals surface area contributed by atoms with Crippen LogP contribution in [0.5, 0.6) is 0 Å². The van der Waals surface area contributed by atoms with Crippen LogP contribution in [-0.4, -0.2) is 58.5 Å². The zero-order chi connectivity index (χ0) is 16.1. The first-order valence-corrected chi connectivity index (χ1v) is 10.5. The van der Waals surface area contributed by atoms with E-state index in [0.717, 1.165) is 6.26 Å². The average molecular weight is 366 g/mol. The molecule has 0 aromatic rings. The van der Waals surface area contributed by atoms with E-state index >= 15 is 0 Å². The van der Waals surface area contributed by atoms with Crippen LogP contribution in [0, 0.1) is 0 Å². The van der Waals surface area contributed by atoms with E-state index in [1.54, 1.807) is 6.92 Å². The summed E-state index contributed by atoms with van der Waals surface area (Å²) in [6.45, 7) is 1.25. The molecule has 9 nitrogen and oxygen atoms in total. The molecule has 0 N–H and O–H groups in total. The van der Waals surface area contributed by atoms with Gasteiger partial charge in [-0.1, -0.05) is 6.92 Å². The molecular formula is C9H18O9S3. The Balaban J connectivity index is 2.27. The van der Waals surface area contributed by atoms with Gasteiger partial charge in [-0.3, -0.25) is 16.7 Å². The van der Waals surface area contributed by atoms with Gasteiger partial charge in [0.15, 0.2) is 0 Å². The summed E-state index contributed by atoms with van der Waals surface area (Å²) in [6, 6.07) is 0. The molecular weight excluding hydrogens is 348 g/mol. The molecule has 0 aromatic carbocycles. The van der Waals surface area contributed by atoms with Gasteiger partial charge < -0.3 is 0 Å². The maximum atomic E-state index is 11.4. The van der Waals surface area contributed by atoms with Crippen LogP contribution in [0.2, 0.25) is 0 Å². The summed E-state index contributed by atoms with van der Waals surface area (Å²) in [4.78, 5) is 0. The van der Waals surface area contributed by atoms with Crippen LogP contribution in [0.4, 0.5) is 0 Å². The molecule has 0 saturated carbocycles. The summed E-state index contributed by atoms with van der Waals surface area (Å²) in [5, 5.41) is 0. The van der Waals surface area contributed by atoms with Crippen molar-refractivity contribution in [3.05, 3.63) is 0 Å². The highest BCUT2D eigenvalue weighted by Crippen LogP contribution is 2.16. The van der Waals surface area contributed by atoms with Crippen LogP contribution in [0.1, 0.15) is 19.8 Å². The van der Waals surface area contributed by atoms with Crippen molar-refractivity contribution in [2.75, 3.05) is 25.2 Å². The quantitative estimate of drug-likeness (QED) is 0.496. The summed E-state index contributed by atoms with van der Waals surface area (Å²) in [5.74, 6) is -0.103. The van der Waals surface area contributed by atoms with Crippen molar-refractivity contribution in [3.63, 3.8) is 0 Å². The van der Waals surface area contributed by atoms with Crippen molar-refractivity contribution in [1.82, 2.24) is 0 Å². The molecule has 3 unspecified atom stereocenters. The van der Waals surface area contributed by atoms with Crippen molar-refractivity contribution in [1.29, 1.82) is 0 Å². The predicted octanol–water partition coefficient (Wildman–Crippen LogP) is -0.528. The molecule has 1 aliphatic rings. The first-order chi connectivity index (χ1) is 9.61. The molecule has 1 aliphatic heterocycles. The fourth-order valence-corrected chi connectivity index (χ4v) is 3.94. The Morgan fingerprint density at radius 3 is 2.52 bits per heavy atom. The minimum absolute atomic E-state index is 0.103. The van der Waals surface area contributed by atoms with E-state index in [9.17, 15) is 21.0 Å². The van der Waals surface area contributed by atoms with E-state index in [2.05, 4.69) is 4.18 Å². The second-order valence-corrected chi connectivity index (χ2v) is 8.57. The van der Waals surface area contributed by atoms with Gasteiger partial charge in [0.05, 0.1) is 25.2 Å². The molecule has 126 valence electrons. The summed E-state index contributed by atoms with van der Waals surface area (Å²) >= 11 is -2.14. The Bertz CT molecular complexity index is 553. The van der Waals surface area contributed by atoms with E-state index in [-0.39, 0.29) is 25.4 Å². The number of hydrogen-bond acceptors (Lipinski definition) is 9. The van der Waals surface area contributed by atoms with Crippen LogP contribution >= 0.6 is 0 Å². The Morgan fingerprint density at radius 2 is 2.05 bits per heavy atom. The van der Waals surface area contributed by atoms with E-state index in [0.29, 0.717) is 6.42 Å². The highest BCUT2D eigenvalue weighted by molar-refractivity contribution is 7.87. The summed E-state index contributed by atoms with van der Waals surface area (Å²) in [5.41, 5.74) is 0. The molecule has 3 atom stereocenters. The van der Waals surface area contributed by atoms with Gasteiger partial charge in [-0.05, 0) is 12.8 Å². The van der Waals surface area contributed by atoms with Crippen LogP contribution in [0.3, 0.4) is 0 Å². The third kappa shape index (κ3) is 8.18. The van der Waals surface area contributed by atoms with Crippen molar-refractivity contribution >= 4 is 31.6 Å². The minimum Gasteiger partial charge on any atom is -0.266 e. The molecule has 1 rings (SSSR count). The molecule has 0 radical (unpaired) electrons. The van der Waals surface area contributed by atoms with Gasteiger partial charge in [0.2, 0.25) is 0 Å². The highest BCUT2D eigenvalue weighted by Gasteiger charge is 2.29. The summed E-state index contributed by atoms with van der Waals surface area (Å²) in [6.07, 6.45) is 0.0521. The molecule has 1 heterocycles. The lowest BCUT2D eigenvalue weighted by Crippen LogP contribution is -2.24. The fourth-order valence-electron chi connectivity index (χ4n) is 1.45. The molecule has 1 fully saturated rings. The van der Waals surface area contributed by atoms with Gasteiger partial charge in [0, 0.05) is 0 Å². The smallest absolute Gasteiger partial charge is 0.266 e. The maximum absolute atomic E-state index is 11.4. The van der Waals surface area contributed by atoms with Crippen molar-refractivity contribution in [2.24, 2.45) is 0 Å². The van der Waals surface area contributed by atoms with Gasteiger partial charge in [0.25, 0.3) is 20.2 Å². The molecule has 12 heteroatoms. The van der Waals surface area contributed by atoms with E-state index < -0.39 is 43.8 Å². The Kier molecular flexibility index (Phi) is 7.16. The Morgan fingerprint density at radius 1 is 1.38 bits per heavy atom. The minimum atomic E-state index is -3.63. The Labute approximate surface area is 127 Å². The third-order valence-corrected chi connectivity index (χ3v) is 5.02. The molecule has 0 aliphatic carbocycles. The first-order valence-electron chi connectivity index (χ1n) is 6.09. The van der Waals surface area contributed by atoms with Crippen LogP contribution in [0.15, 0.2) is 0 Å². The lowest BCUT2D eigenvalue weighted by Gasteiger charge is -2.14. The second kappa shape index (κ2) is 7.94. The van der Waals surface area contributed by atoms with Gasteiger partial charge in [0.1, 0.15) is 12.2 Å². The lowest BCUT2D eigenvalue weighted by molar-refractivity contribution is 0.113. The van der Waals surface area contributed by atoms with Crippen molar-refractivity contribution in [2.45, 2.75) is 32.0 Å². The van der Waals surface area contributed by atoms with Crippen LogP contribution in [-0.2, 0) is 48.3 Å². The second-order valence-electron chi connectivity index (χ2n) is 4.37. The topological polar surface area (TPSA) is 122 Å². The Hall–Kier alpha value is -0.110. The average Bonchev–Trinajstić information content (AvgIpc) is 2.70. The molecule has 21 heavy (non-hydrogen) atoms. The molecule has 0 aromatic heterocycles. The predicted molar refractivity (Wildman–Crippen MR) is 73.3 cm³/mol. The largest absolute Gasteiger partial charge is 0.304 e. The molecule has 0 spiro atoms.